The van der Waals surface area contributed by atoms with Crippen LogP contribution >= 0.6 is 0 Å². The molecule has 0 atom stereocenters. The highest BCUT2D eigenvalue weighted by atomic mass is 16.5. The summed E-state index contributed by atoms with van der Waals surface area (Å²) >= 11 is 0. The number of ether oxygens (including phenoxy) is 1. The van der Waals surface area contributed by atoms with E-state index in [0.717, 1.165) is 22.0 Å². The van der Waals surface area contributed by atoms with E-state index in [9.17, 15) is 14.7 Å². The first-order valence-corrected chi connectivity index (χ1v) is 10.6. The maximum Gasteiger partial charge on any atom is 0.338 e. The quantitative estimate of drug-likeness (QED) is 0.310. The van der Waals surface area contributed by atoms with Gasteiger partial charge in [-0.25, -0.2) is 9.59 Å². The van der Waals surface area contributed by atoms with Gasteiger partial charge in [0.1, 0.15) is 12.4 Å². The molecular formula is C27H20N2O5. The molecule has 0 aliphatic carbocycles. The monoisotopic (exact) mass is 452 g/mol. The Balaban J connectivity index is 1.35. The number of fused-ring (bicyclic) bond motifs is 2. The number of aromatic nitrogens is 2. The average molecular weight is 452 g/mol. The summed E-state index contributed by atoms with van der Waals surface area (Å²) in [6.45, 7) is 0.134. The second kappa shape index (κ2) is 8.71. The first-order chi connectivity index (χ1) is 16.5. The van der Waals surface area contributed by atoms with Gasteiger partial charge in [-0.05, 0) is 65.0 Å². The van der Waals surface area contributed by atoms with Gasteiger partial charge < -0.3 is 19.9 Å². The van der Waals surface area contributed by atoms with Crippen LogP contribution in [0.4, 0.5) is 0 Å². The van der Waals surface area contributed by atoms with Crippen LogP contribution in [0.25, 0.3) is 21.8 Å². The molecule has 7 heteroatoms. The molecule has 0 bridgehead atoms. The number of carboxylic acid groups (broad SMARTS) is 1. The lowest BCUT2D eigenvalue weighted by molar-refractivity contribution is 0.0472. The van der Waals surface area contributed by atoms with Crippen molar-refractivity contribution in [3.63, 3.8) is 0 Å². The van der Waals surface area contributed by atoms with Crippen molar-refractivity contribution in [1.29, 1.82) is 0 Å². The summed E-state index contributed by atoms with van der Waals surface area (Å²) in [4.78, 5) is 31.2. The Morgan fingerprint density at radius 2 is 1.68 bits per heavy atom. The van der Waals surface area contributed by atoms with Crippen LogP contribution in [-0.2, 0) is 17.8 Å². The largest absolute Gasteiger partial charge is 0.507 e. The molecule has 2 aromatic heterocycles. The number of aromatic amines is 1. The highest BCUT2D eigenvalue weighted by Crippen LogP contribution is 2.30. The summed E-state index contributed by atoms with van der Waals surface area (Å²) in [6.07, 6.45) is 3.80. The van der Waals surface area contributed by atoms with Crippen molar-refractivity contribution < 1.29 is 24.5 Å². The van der Waals surface area contributed by atoms with Crippen molar-refractivity contribution in [3.05, 3.63) is 107 Å². The van der Waals surface area contributed by atoms with E-state index in [1.807, 2.05) is 30.5 Å². The number of hydrogen-bond donors (Lipinski definition) is 3. The average Bonchev–Trinajstić information content (AvgIpc) is 3.32. The summed E-state index contributed by atoms with van der Waals surface area (Å²) in [7, 11) is 0. The number of nitrogens with zero attached hydrogens (tertiary/aromatic N) is 1. The molecular weight excluding hydrogens is 432 g/mol. The summed E-state index contributed by atoms with van der Waals surface area (Å²) in [5.74, 6) is -1.46. The summed E-state index contributed by atoms with van der Waals surface area (Å²) in [5, 5.41) is 21.4. The second-order valence-electron chi connectivity index (χ2n) is 8.02. The lowest BCUT2D eigenvalue weighted by Gasteiger charge is -2.10. The number of aromatic hydroxyl groups is 1. The van der Waals surface area contributed by atoms with Gasteiger partial charge in [-0.3, -0.25) is 4.98 Å². The number of hydrogen-bond acceptors (Lipinski definition) is 5. The van der Waals surface area contributed by atoms with Gasteiger partial charge in [0, 0.05) is 35.3 Å². The number of nitrogens with one attached hydrogen (secondary N) is 1. The molecule has 0 aliphatic heterocycles. The topological polar surface area (TPSA) is 113 Å². The second-order valence-corrected chi connectivity index (χ2v) is 8.02. The Bertz CT molecular complexity index is 1540. The highest BCUT2D eigenvalue weighted by Gasteiger charge is 2.14. The van der Waals surface area contributed by atoms with Crippen LogP contribution in [0.3, 0.4) is 0 Å². The van der Waals surface area contributed by atoms with Gasteiger partial charge in [0.25, 0.3) is 0 Å². The Morgan fingerprint density at radius 3 is 2.47 bits per heavy atom. The molecule has 34 heavy (non-hydrogen) atoms. The third-order valence-electron chi connectivity index (χ3n) is 5.73. The molecule has 0 spiro atoms. The molecule has 7 nitrogen and oxygen atoms in total. The van der Waals surface area contributed by atoms with E-state index in [-0.39, 0.29) is 17.9 Å². The zero-order valence-electron chi connectivity index (χ0n) is 18.0. The van der Waals surface area contributed by atoms with Gasteiger partial charge in [0.2, 0.25) is 0 Å². The predicted octanol–water partition coefficient (Wildman–Crippen LogP) is 5.07. The van der Waals surface area contributed by atoms with Crippen LogP contribution in [0, 0.1) is 0 Å². The van der Waals surface area contributed by atoms with Crippen molar-refractivity contribution >= 4 is 33.7 Å². The van der Waals surface area contributed by atoms with E-state index in [2.05, 4.69) is 9.97 Å². The number of H-pyrrole nitrogens is 1. The minimum absolute atomic E-state index is 0.0277. The predicted molar refractivity (Wildman–Crippen MR) is 127 cm³/mol. The molecule has 0 radical (unpaired) electrons. The fraction of sp³-hybridized carbons (Fsp3) is 0.0741. The normalized spacial score (nSPS) is 11.1. The van der Waals surface area contributed by atoms with Gasteiger partial charge in [-0.2, -0.15) is 0 Å². The molecule has 0 fully saturated rings. The molecule has 2 heterocycles. The summed E-state index contributed by atoms with van der Waals surface area (Å²) in [5.41, 5.74) is 4.36. The van der Waals surface area contributed by atoms with Crippen LogP contribution in [0.2, 0.25) is 0 Å². The smallest absolute Gasteiger partial charge is 0.338 e. The van der Waals surface area contributed by atoms with E-state index in [1.165, 1.54) is 12.1 Å². The van der Waals surface area contributed by atoms with Crippen LogP contribution in [0.1, 0.15) is 37.4 Å². The molecule has 3 N–H and O–H groups in total. The zero-order chi connectivity index (χ0) is 23.7. The molecule has 5 rings (SSSR count). The number of carbonyl (C=O) groups excluding carboxylic acids is 1. The van der Waals surface area contributed by atoms with E-state index < -0.39 is 11.9 Å². The molecule has 0 saturated carbocycles. The van der Waals surface area contributed by atoms with Crippen LogP contribution in [0.15, 0.2) is 79.1 Å². The van der Waals surface area contributed by atoms with E-state index in [0.29, 0.717) is 28.5 Å². The highest BCUT2D eigenvalue weighted by molar-refractivity contribution is 5.96. The standard InChI is InChI=1S/C27H20N2O5/c30-25-21(11-16-1-4-18(5-2-16)26(31)32)14-29-24-8-6-20(13-22(24)25)27(33)34-15-17-3-7-23-19(12-17)9-10-28-23/h1-10,12-14,28H,11,15H2,(H,29,30)(H,31,32). The molecule has 0 amide bonds. The Kier molecular flexibility index (Phi) is 5.43. The molecule has 3 aromatic carbocycles. The van der Waals surface area contributed by atoms with Crippen molar-refractivity contribution in [1.82, 2.24) is 9.97 Å². The Morgan fingerprint density at radius 1 is 0.912 bits per heavy atom. The number of benzene rings is 3. The maximum atomic E-state index is 12.7. The lowest BCUT2D eigenvalue weighted by atomic mass is 10.0. The third-order valence-corrected chi connectivity index (χ3v) is 5.73. The Labute approximate surface area is 194 Å². The van der Waals surface area contributed by atoms with Crippen LogP contribution in [0.5, 0.6) is 5.75 Å². The first-order valence-electron chi connectivity index (χ1n) is 10.6. The maximum absolute atomic E-state index is 12.7. The Hall–Kier alpha value is -4.65. The summed E-state index contributed by atoms with van der Waals surface area (Å²) in [6, 6.07) is 19.1. The molecule has 168 valence electrons. The molecule has 0 unspecified atom stereocenters. The number of esters is 1. The van der Waals surface area contributed by atoms with E-state index >= 15 is 0 Å². The minimum Gasteiger partial charge on any atom is -0.507 e. The summed E-state index contributed by atoms with van der Waals surface area (Å²) < 4.78 is 5.49. The van der Waals surface area contributed by atoms with Gasteiger partial charge in [-0.1, -0.05) is 18.2 Å². The van der Waals surface area contributed by atoms with E-state index in [4.69, 9.17) is 9.84 Å². The van der Waals surface area contributed by atoms with Gasteiger partial charge in [0.05, 0.1) is 16.6 Å². The first kappa shape index (κ1) is 21.2. The SMILES string of the molecule is O=C(O)c1ccc(Cc2cnc3ccc(C(=O)OCc4ccc5[nH]ccc5c4)cc3c2O)cc1. The van der Waals surface area contributed by atoms with Crippen molar-refractivity contribution in [3.8, 4) is 5.75 Å². The van der Waals surface area contributed by atoms with Crippen molar-refractivity contribution in [2.75, 3.05) is 0 Å². The van der Waals surface area contributed by atoms with E-state index in [1.54, 1.807) is 36.5 Å². The van der Waals surface area contributed by atoms with Gasteiger partial charge in [-0.15, -0.1) is 0 Å². The molecule has 0 saturated heterocycles. The lowest BCUT2D eigenvalue weighted by Crippen LogP contribution is -2.05. The number of pyridine rings is 1. The fourth-order valence-corrected chi connectivity index (χ4v) is 3.89. The molecule has 0 aliphatic rings. The fourth-order valence-electron chi connectivity index (χ4n) is 3.89. The van der Waals surface area contributed by atoms with Gasteiger partial charge >= 0.3 is 11.9 Å². The zero-order valence-corrected chi connectivity index (χ0v) is 18.0. The number of carboxylic acids is 1. The minimum atomic E-state index is -0.994. The van der Waals surface area contributed by atoms with Crippen LogP contribution in [-0.4, -0.2) is 32.1 Å². The number of rotatable bonds is 6. The third kappa shape index (κ3) is 4.19. The van der Waals surface area contributed by atoms with Crippen LogP contribution < -0.4 is 0 Å². The number of carbonyl (C=O) groups is 2. The van der Waals surface area contributed by atoms with Gasteiger partial charge in [0.15, 0.2) is 0 Å². The van der Waals surface area contributed by atoms with Crippen molar-refractivity contribution in [2.24, 2.45) is 0 Å². The molecule has 5 aromatic rings. The number of aromatic carboxylic acids is 1. The van der Waals surface area contributed by atoms with Crippen molar-refractivity contribution in [2.45, 2.75) is 13.0 Å².